The van der Waals surface area contributed by atoms with Crippen LogP contribution >= 0.6 is 15.9 Å². The van der Waals surface area contributed by atoms with Gasteiger partial charge in [-0.2, -0.15) is 10.2 Å². The van der Waals surface area contributed by atoms with E-state index in [1.807, 2.05) is 13.0 Å². The third-order valence-electron chi connectivity index (χ3n) is 2.12. The molecule has 1 N–H and O–H groups in total. The summed E-state index contributed by atoms with van der Waals surface area (Å²) in [4.78, 5) is 15.9. The summed E-state index contributed by atoms with van der Waals surface area (Å²) in [7, 11) is 0. The van der Waals surface area contributed by atoms with Crippen LogP contribution < -0.4 is 5.32 Å². The van der Waals surface area contributed by atoms with Crippen LogP contribution in [0.25, 0.3) is 0 Å². The number of hydrogen-bond acceptors (Lipinski definition) is 4. The predicted molar refractivity (Wildman–Crippen MR) is 66.7 cm³/mol. The molecule has 0 saturated carbocycles. The van der Waals surface area contributed by atoms with Crippen LogP contribution in [0.1, 0.15) is 15.9 Å². The molecule has 2 heterocycles. The van der Waals surface area contributed by atoms with Crippen LogP contribution in [0, 0.1) is 6.92 Å². The van der Waals surface area contributed by atoms with E-state index in [4.69, 9.17) is 0 Å². The van der Waals surface area contributed by atoms with Gasteiger partial charge < -0.3 is 5.32 Å². The quantitative estimate of drug-likeness (QED) is 0.862. The molecule has 0 spiro atoms. The summed E-state index contributed by atoms with van der Waals surface area (Å²) in [5.74, 6) is -0.233. The van der Waals surface area contributed by atoms with Crippen LogP contribution in [0.4, 0.5) is 5.69 Å². The van der Waals surface area contributed by atoms with Crippen molar-refractivity contribution in [2.75, 3.05) is 5.32 Å². The van der Waals surface area contributed by atoms with Gasteiger partial charge in [-0.3, -0.25) is 4.79 Å². The molecule has 0 saturated heterocycles. The van der Waals surface area contributed by atoms with E-state index in [-0.39, 0.29) is 5.91 Å². The van der Waals surface area contributed by atoms with Gasteiger partial charge in [0.25, 0.3) is 5.91 Å². The molecule has 0 aliphatic rings. The average molecular weight is 293 g/mol. The number of nitrogens with zero attached hydrogens (tertiary/aromatic N) is 3. The largest absolute Gasteiger partial charge is 0.321 e. The molecule has 0 aliphatic carbocycles. The molecule has 6 heteroatoms. The second-order valence-corrected chi connectivity index (χ2v) is 4.17. The highest BCUT2D eigenvalue weighted by atomic mass is 79.9. The van der Waals surface area contributed by atoms with E-state index in [1.54, 1.807) is 12.3 Å². The SMILES string of the molecule is Cc1cc(NC(=O)c2ccnnc2)cnc1Br. The Morgan fingerprint density at radius 3 is 2.82 bits per heavy atom. The fourth-order valence-corrected chi connectivity index (χ4v) is 1.47. The standard InChI is InChI=1S/C11H9BrN4O/c1-7-4-9(6-13-10(7)12)16-11(17)8-2-3-14-15-5-8/h2-6H,1H3,(H,16,17). The Balaban J connectivity index is 2.16. The van der Waals surface area contributed by atoms with Crippen molar-refractivity contribution in [2.24, 2.45) is 0 Å². The van der Waals surface area contributed by atoms with Gasteiger partial charge in [-0.1, -0.05) is 0 Å². The van der Waals surface area contributed by atoms with Gasteiger partial charge in [0.15, 0.2) is 0 Å². The number of carbonyl (C=O) groups excluding carboxylic acids is 1. The highest BCUT2D eigenvalue weighted by Gasteiger charge is 2.07. The second-order valence-electron chi connectivity index (χ2n) is 3.42. The first-order chi connectivity index (χ1) is 8.16. The van der Waals surface area contributed by atoms with E-state index in [1.165, 1.54) is 12.4 Å². The molecule has 17 heavy (non-hydrogen) atoms. The summed E-state index contributed by atoms with van der Waals surface area (Å²) in [6.45, 7) is 1.90. The summed E-state index contributed by atoms with van der Waals surface area (Å²) in [5, 5.41) is 9.99. The second kappa shape index (κ2) is 5.01. The minimum absolute atomic E-state index is 0.233. The van der Waals surface area contributed by atoms with Gasteiger partial charge in [-0.05, 0) is 40.5 Å². The number of halogens is 1. The molecule has 86 valence electrons. The van der Waals surface area contributed by atoms with Crippen molar-refractivity contribution in [1.82, 2.24) is 15.2 Å². The topological polar surface area (TPSA) is 67.8 Å². The Bertz CT molecular complexity index is 544. The van der Waals surface area contributed by atoms with Gasteiger partial charge in [0, 0.05) is 0 Å². The van der Waals surface area contributed by atoms with Crippen molar-refractivity contribution in [3.8, 4) is 0 Å². The molecule has 2 rings (SSSR count). The van der Waals surface area contributed by atoms with Gasteiger partial charge in [-0.15, -0.1) is 0 Å². The number of anilines is 1. The van der Waals surface area contributed by atoms with Gasteiger partial charge in [0.1, 0.15) is 4.60 Å². The van der Waals surface area contributed by atoms with Crippen LogP contribution in [-0.4, -0.2) is 21.1 Å². The lowest BCUT2D eigenvalue weighted by atomic mass is 10.2. The van der Waals surface area contributed by atoms with Crippen molar-refractivity contribution in [1.29, 1.82) is 0 Å². The van der Waals surface area contributed by atoms with E-state index in [0.29, 0.717) is 11.3 Å². The average Bonchev–Trinajstić information content (AvgIpc) is 2.35. The maximum Gasteiger partial charge on any atom is 0.257 e. The predicted octanol–water partition coefficient (Wildman–Crippen LogP) is 2.19. The van der Waals surface area contributed by atoms with Crippen LogP contribution in [-0.2, 0) is 0 Å². The summed E-state index contributed by atoms with van der Waals surface area (Å²) in [6, 6.07) is 3.44. The third-order valence-corrected chi connectivity index (χ3v) is 2.95. The summed E-state index contributed by atoms with van der Waals surface area (Å²) in [6.07, 6.45) is 4.47. The number of aromatic nitrogens is 3. The van der Waals surface area contributed by atoms with Crippen molar-refractivity contribution < 1.29 is 4.79 Å². The van der Waals surface area contributed by atoms with Gasteiger partial charge in [-0.25, -0.2) is 4.98 Å². The molecule has 0 unspecified atom stereocenters. The Morgan fingerprint density at radius 2 is 2.18 bits per heavy atom. The summed E-state index contributed by atoms with van der Waals surface area (Å²) < 4.78 is 0.765. The first-order valence-electron chi connectivity index (χ1n) is 4.87. The summed E-state index contributed by atoms with van der Waals surface area (Å²) in [5.41, 5.74) is 2.06. The Kier molecular flexibility index (Phi) is 3.43. The number of amides is 1. The van der Waals surface area contributed by atoms with E-state index >= 15 is 0 Å². The van der Waals surface area contributed by atoms with Gasteiger partial charge in [0.2, 0.25) is 0 Å². The molecular formula is C11H9BrN4O. The monoisotopic (exact) mass is 292 g/mol. The Morgan fingerprint density at radius 1 is 1.35 bits per heavy atom. The molecule has 2 aromatic rings. The maximum atomic E-state index is 11.8. The lowest BCUT2D eigenvalue weighted by Gasteiger charge is -2.05. The number of pyridine rings is 1. The van der Waals surface area contributed by atoms with Crippen molar-refractivity contribution in [3.05, 3.63) is 46.5 Å². The molecule has 0 fully saturated rings. The van der Waals surface area contributed by atoms with E-state index in [9.17, 15) is 4.79 Å². The molecule has 0 radical (unpaired) electrons. The van der Waals surface area contributed by atoms with Crippen LogP contribution in [0.2, 0.25) is 0 Å². The zero-order valence-electron chi connectivity index (χ0n) is 9.01. The van der Waals surface area contributed by atoms with E-state index < -0.39 is 0 Å². The van der Waals surface area contributed by atoms with E-state index in [2.05, 4.69) is 36.4 Å². The lowest BCUT2D eigenvalue weighted by Crippen LogP contribution is -2.12. The Labute approximate surface area is 106 Å². The number of rotatable bonds is 2. The normalized spacial score (nSPS) is 10.0. The highest BCUT2D eigenvalue weighted by Crippen LogP contribution is 2.17. The molecule has 2 aromatic heterocycles. The number of nitrogens with one attached hydrogen (secondary N) is 1. The zero-order valence-corrected chi connectivity index (χ0v) is 10.6. The van der Waals surface area contributed by atoms with Crippen LogP contribution in [0.3, 0.4) is 0 Å². The van der Waals surface area contributed by atoms with Gasteiger partial charge >= 0.3 is 0 Å². The minimum atomic E-state index is -0.233. The highest BCUT2D eigenvalue weighted by molar-refractivity contribution is 9.10. The third kappa shape index (κ3) is 2.85. The molecule has 0 aromatic carbocycles. The number of aryl methyl sites for hydroxylation is 1. The lowest BCUT2D eigenvalue weighted by molar-refractivity contribution is 0.102. The molecule has 1 amide bonds. The fourth-order valence-electron chi connectivity index (χ4n) is 1.25. The zero-order chi connectivity index (χ0) is 12.3. The van der Waals surface area contributed by atoms with Gasteiger partial charge in [0.05, 0.1) is 29.8 Å². The molecular weight excluding hydrogens is 284 g/mol. The number of carbonyl (C=O) groups is 1. The Hall–Kier alpha value is -1.82. The maximum absolute atomic E-state index is 11.8. The summed E-state index contributed by atoms with van der Waals surface area (Å²) >= 11 is 3.30. The van der Waals surface area contributed by atoms with Crippen molar-refractivity contribution >= 4 is 27.5 Å². The molecule has 0 atom stereocenters. The first kappa shape index (κ1) is 11.7. The minimum Gasteiger partial charge on any atom is -0.321 e. The first-order valence-corrected chi connectivity index (χ1v) is 5.66. The van der Waals surface area contributed by atoms with Crippen molar-refractivity contribution in [3.63, 3.8) is 0 Å². The van der Waals surface area contributed by atoms with Crippen LogP contribution in [0.15, 0.2) is 35.3 Å². The molecule has 5 nitrogen and oxygen atoms in total. The fraction of sp³-hybridized carbons (Fsp3) is 0.0909. The smallest absolute Gasteiger partial charge is 0.257 e. The van der Waals surface area contributed by atoms with Crippen molar-refractivity contribution in [2.45, 2.75) is 6.92 Å². The molecule has 0 aliphatic heterocycles. The number of hydrogen-bond donors (Lipinski definition) is 1. The van der Waals surface area contributed by atoms with E-state index in [0.717, 1.165) is 10.2 Å². The molecule has 0 bridgehead atoms. The van der Waals surface area contributed by atoms with Crippen LogP contribution in [0.5, 0.6) is 0 Å².